The van der Waals surface area contributed by atoms with Gasteiger partial charge < -0.3 is 10.6 Å². The molecular formula is C18H21ClF3N3OS. The molecule has 0 bridgehead atoms. The number of carbonyl (C=O) groups excluding carboxylic acids is 1. The minimum Gasteiger partial charge on any atom is -0.330 e. The Hall–Kier alpha value is -1.64. The Morgan fingerprint density at radius 2 is 2.11 bits per heavy atom. The smallest absolute Gasteiger partial charge is 0.330 e. The Bertz CT molecular complexity index is 792. The van der Waals surface area contributed by atoms with Gasteiger partial charge in [-0.1, -0.05) is 12.1 Å². The second-order valence-corrected chi connectivity index (χ2v) is 7.35. The summed E-state index contributed by atoms with van der Waals surface area (Å²) in [6.45, 7) is 2.22. The molecule has 1 unspecified atom stereocenters. The number of nitrogens with two attached hydrogens (primary N) is 1. The van der Waals surface area contributed by atoms with Crippen molar-refractivity contribution in [1.29, 1.82) is 0 Å². The van der Waals surface area contributed by atoms with Crippen molar-refractivity contribution in [3.8, 4) is 0 Å². The van der Waals surface area contributed by atoms with E-state index < -0.39 is 17.8 Å². The predicted molar refractivity (Wildman–Crippen MR) is 101 cm³/mol. The molecule has 3 rings (SSSR count). The molecular weight excluding hydrogens is 399 g/mol. The Kier molecular flexibility index (Phi) is 6.88. The van der Waals surface area contributed by atoms with Gasteiger partial charge in [-0.3, -0.25) is 4.79 Å². The number of aromatic nitrogens is 1. The van der Waals surface area contributed by atoms with Crippen molar-refractivity contribution < 1.29 is 18.0 Å². The van der Waals surface area contributed by atoms with Crippen LogP contribution in [0.4, 0.5) is 13.2 Å². The van der Waals surface area contributed by atoms with Crippen molar-refractivity contribution in [1.82, 2.24) is 9.88 Å². The van der Waals surface area contributed by atoms with Crippen molar-refractivity contribution in [2.24, 2.45) is 5.73 Å². The van der Waals surface area contributed by atoms with Crippen LogP contribution < -0.4 is 5.73 Å². The minimum absolute atomic E-state index is 0. The zero-order valence-electron chi connectivity index (χ0n) is 14.7. The van der Waals surface area contributed by atoms with Gasteiger partial charge in [-0.25, -0.2) is 4.98 Å². The number of amides is 1. The molecule has 1 aliphatic carbocycles. The highest BCUT2D eigenvalue weighted by atomic mass is 35.5. The van der Waals surface area contributed by atoms with E-state index in [9.17, 15) is 18.0 Å². The maximum absolute atomic E-state index is 13.0. The van der Waals surface area contributed by atoms with Gasteiger partial charge in [0.25, 0.3) is 5.91 Å². The first-order valence-corrected chi connectivity index (χ1v) is 9.33. The monoisotopic (exact) mass is 419 g/mol. The van der Waals surface area contributed by atoms with Gasteiger partial charge in [0.05, 0.1) is 16.6 Å². The summed E-state index contributed by atoms with van der Waals surface area (Å²) in [5, 5.41) is 2.49. The first-order chi connectivity index (χ1) is 12.3. The molecule has 9 heteroatoms. The lowest BCUT2D eigenvalue weighted by Crippen LogP contribution is -2.36. The van der Waals surface area contributed by atoms with Gasteiger partial charge >= 0.3 is 6.18 Å². The third-order valence-electron chi connectivity index (χ3n) is 4.42. The third kappa shape index (κ3) is 5.00. The summed E-state index contributed by atoms with van der Waals surface area (Å²) in [5.41, 5.74) is 5.62. The fourth-order valence-electron chi connectivity index (χ4n) is 2.93. The lowest BCUT2D eigenvalue weighted by molar-refractivity contribution is -0.137. The van der Waals surface area contributed by atoms with E-state index in [0.717, 1.165) is 30.0 Å². The highest BCUT2D eigenvalue weighted by Gasteiger charge is 2.38. The highest BCUT2D eigenvalue weighted by Crippen LogP contribution is 2.37. The lowest BCUT2D eigenvalue weighted by atomic mass is 10.0. The van der Waals surface area contributed by atoms with E-state index in [2.05, 4.69) is 4.98 Å². The minimum atomic E-state index is -4.41. The molecule has 27 heavy (non-hydrogen) atoms. The maximum atomic E-state index is 13.0. The molecule has 4 nitrogen and oxygen atoms in total. The quantitative estimate of drug-likeness (QED) is 0.752. The van der Waals surface area contributed by atoms with Gasteiger partial charge in [-0.2, -0.15) is 13.2 Å². The van der Waals surface area contributed by atoms with Crippen LogP contribution in [0.25, 0.3) is 0 Å². The number of carbonyl (C=O) groups is 1. The number of hydrogen-bond acceptors (Lipinski definition) is 4. The van der Waals surface area contributed by atoms with Crippen LogP contribution in [-0.2, 0) is 12.6 Å². The average Bonchev–Trinajstić information content (AvgIpc) is 3.32. The van der Waals surface area contributed by atoms with E-state index in [1.165, 1.54) is 17.4 Å². The van der Waals surface area contributed by atoms with Crippen LogP contribution in [0.5, 0.6) is 0 Å². The number of hydrogen-bond donors (Lipinski definition) is 1. The second kappa shape index (κ2) is 8.58. The largest absolute Gasteiger partial charge is 0.416 e. The van der Waals surface area contributed by atoms with Crippen LogP contribution in [0.1, 0.15) is 52.4 Å². The van der Waals surface area contributed by atoms with E-state index in [4.69, 9.17) is 5.73 Å². The fourth-order valence-corrected chi connectivity index (χ4v) is 3.71. The molecule has 1 amide bonds. The van der Waals surface area contributed by atoms with E-state index in [1.807, 2.05) is 0 Å². The van der Waals surface area contributed by atoms with Gasteiger partial charge in [0.15, 0.2) is 0 Å². The van der Waals surface area contributed by atoms with Crippen LogP contribution in [0.3, 0.4) is 0 Å². The normalized spacial score (nSPS) is 15.1. The van der Waals surface area contributed by atoms with Crippen LogP contribution in [0.15, 0.2) is 29.6 Å². The van der Waals surface area contributed by atoms with E-state index in [0.29, 0.717) is 24.2 Å². The number of thiazole rings is 1. The third-order valence-corrected chi connectivity index (χ3v) is 5.33. The van der Waals surface area contributed by atoms with Crippen molar-refractivity contribution in [2.75, 3.05) is 6.54 Å². The number of nitrogens with zero attached hydrogens (tertiary/aromatic N) is 2. The summed E-state index contributed by atoms with van der Waals surface area (Å²) in [6.07, 6.45) is -2.09. The van der Waals surface area contributed by atoms with Gasteiger partial charge in [0, 0.05) is 17.8 Å². The van der Waals surface area contributed by atoms with Crippen LogP contribution in [-0.4, -0.2) is 28.4 Å². The summed E-state index contributed by atoms with van der Waals surface area (Å²) in [6, 6.07) is 4.76. The second-order valence-electron chi connectivity index (χ2n) is 6.41. The molecule has 1 atom stereocenters. The molecule has 0 radical (unpaired) electrons. The summed E-state index contributed by atoms with van der Waals surface area (Å²) in [5.74, 6) is -0.239. The summed E-state index contributed by atoms with van der Waals surface area (Å²) >= 11 is 1.38. The molecule has 2 N–H and O–H groups in total. The van der Waals surface area contributed by atoms with Gasteiger partial charge in [0.1, 0.15) is 5.69 Å². The summed E-state index contributed by atoms with van der Waals surface area (Å²) < 4.78 is 39.0. The predicted octanol–water partition coefficient (Wildman–Crippen LogP) is 4.45. The van der Waals surface area contributed by atoms with E-state index in [1.54, 1.807) is 23.3 Å². The van der Waals surface area contributed by atoms with Crippen LogP contribution in [0, 0.1) is 0 Å². The highest BCUT2D eigenvalue weighted by molar-refractivity contribution is 7.09. The van der Waals surface area contributed by atoms with E-state index in [-0.39, 0.29) is 24.4 Å². The van der Waals surface area contributed by atoms with Crippen LogP contribution in [0.2, 0.25) is 0 Å². The summed E-state index contributed by atoms with van der Waals surface area (Å²) in [7, 11) is 0. The summed E-state index contributed by atoms with van der Waals surface area (Å²) in [4.78, 5) is 19.0. The zero-order chi connectivity index (χ0) is 18.9. The molecule has 1 saturated carbocycles. The first kappa shape index (κ1) is 21.7. The topological polar surface area (TPSA) is 59.2 Å². The van der Waals surface area contributed by atoms with Crippen molar-refractivity contribution >= 4 is 29.7 Å². The van der Waals surface area contributed by atoms with Crippen molar-refractivity contribution in [3.63, 3.8) is 0 Å². The van der Waals surface area contributed by atoms with Gasteiger partial charge in [0.2, 0.25) is 0 Å². The van der Waals surface area contributed by atoms with Gasteiger partial charge in [-0.15, -0.1) is 23.7 Å². The number of rotatable bonds is 6. The molecule has 0 aliphatic heterocycles. The average molecular weight is 420 g/mol. The van der Waals surface area contributed by atoms with Gasteiger partial charge in [-0.05, 0) is 44.0 Å². The molecule has 1 aromatic carbocycles. The molecule has 0 saturated heterocycles. The standard InChI is InChI=1S/C18H20F3N3OS.ClH/c1-11(12-3-2-4-13(9-12)18(19,20)21)24(14-5-6-14)17(25)15-10-26-16(23-15)7-8-22;/h2-4,9-11,14H,5-8,22H2,1H3;1H. The van der Waals surface area contributed by atoms with Crippen LogP contribution >= 0.6 is 23.7 Å². The molecule has 1 heterocycles. The zero-order valence-corrected chi connectivity index (χ0v) is 16.3. The molecule has 1 fully saturated rings. The van der Waals surface area contributed by atoms with Crippen molar-refractivity contribution in [2.45, 2.75) is 44.4 Å². The van der Waals surface area contributed by atoms with Crippen molar-refractivity contribution in [3.05, 3.63) is 51.5 Å². The number of halogens is 4. The molecule has 0 spiro atoms. The lowest BCUT2D eigenvalue weighted by Gasteiger charge is -2.29. The molecule has 2 aromatic rings. The Morgan fingerprint density at radius 1 is 1.41 bits per heavy atom. The first-order valence-electron chi connectivity index (χ1n) is 8.45. The fraction of sp³-hybridized carbons (Fsp3) is 0.444. The molecule has 1 aliphatic rings. The Morgan fingerprint density at radius 3 is 2.70 bits per heavy atom. The molecule has 148 valence electrons. The molecule has 1 aromatic heterocycles. The number of benzene rings is 1. The number of alkyl halides is 3. The maximum Gasteiger partial charge on any atom is 0.416 e. The Balaban J connectivity index is 0.00000261. The Labute approximate surface area is 166 Å². The van der Waals surface area contributed by atoms with E-state index >= 15 is 0 Å². The SMILES string of the molecule is CC(c1cccc(C(F)(F)F)c1)N(C(=O)c1csc(CCN)n1)C1CC1.Cl.